The largest absolute Gasteiger partial charge is 0.205 e. The Labute approximate surface area is 223 Å². The maximum absolute atomic E-state index is 15.2. The van der Waals surface area contributed by atoms with Crippen molar-refractivity contribution >= 4 is 10.8 Å². The summed E-state index contributed by atoms with van der Waals surface area (Å²) in [6.07, 6.45) is 11.7. The first-order chi connectivity index (χ1) is 18.2. The fourth-order valence-corrected chi connectivity index (χ4v) is 4.81. The summed E-state index contributed by atoms with van der Waals surface area (Å²) in [5.74, 6) is 5.96. The van der Waals surface area contributed by atoms with Crippen molar-refractivity contribution in [2.45, 2.75) is 78.1 Å². The fourth-order valence-electron chi connectivity index (χ4n) is 4.81. The molecule has 1 heteroatoms. The van der Waals surface area contributed by atoms with E-state index in [-0.39, 0.29) is 5.82 Å². The van der Waals surface area contributed by atoms with Gasteiger partial charge in [-0.1, -0.05) is 112 Å². The van der Waals surface area contributed by atoms with Crippen LogP contribution in [0.5, 0.6) is 0 Å². The lowest BCUT2D eigenvalue weighted by molar-refractivity contribution is 0.636. The van der Waals surface area contributed by atoms with Gasteiger partial charge in [0, 0.05) is 10.9 Å². The Bertz CT molecular complexity index is 1330. The molecule has 0 aliphatic heterocycles. The Kier molecular flexibility index (Phi) is 9.96. The monoisotopic (exact) mass is 490 g/mol. The number of hydrogen-bond donors (Lipinski definition) is 0. The average molecular weight is 491 g/mol. The van der Waals surface area contributed by atoms with Crippen molar-refractivity contribution in [3.8, 4) is 11.8 Å². The van der Waals surface area contributed by atoms with Crippen molar-refractivity contribution in [2.24, 2.45) is 0 Å². The Balaban J connectivity index is 1.38. The second kappa shape index (κ2) is 13.8. The van der Waals surface area contributed by atoms with E-state index in [1.54, 1.807) is 0 Å². The fraction of sp³-hybridized carbons (Fsp3) is 0.333. The van der Waals surface area contributed by atoms with E-state index in [9.17, 15) is 0 Å². The predicted molar refractivity (Wildman–Crippen MR) is 157 cm³/mol. The molecule has 0 aliphatic carbocycles. The third kappa shape index (κ3) is 7.80. The molecule has 0 fully saturated rings. The minimum atomic E-state index is -0.230. The number of rotatable bonds is 11. The second-order valence-corrected chi connectivity index (χ2v) is 10.2. The minimum Gasteiger partial charge on any atom is -0.205 e. The molecule has 0 aliphatic rings. The van der Waals surface area contributed by atoms with E-state index in [2.05, 4.69) is 74.2 Å². The molecule has 0 N–H and O–H groups in total. The zero-order valence-electron chi connectivity index (χ0n) is 22.5. The smallest absolute Gasteiger partial charge is 0.146 e. The molecule has 0 bridgehead atoms. The number of unbranched alkanes of at least 4 members (excludes halogenated alkanes) is 4. The van der Waals surface area contributed by atoms with Crippen LogP contribution in [0.1, 0.15) is 85.8 Å². The molecule has 0 aromatic heterocycles. The summed E-state index contributed by atoms with van der Waals surface area (Å²) in [5.41, 5.74) is 6.72. The molecule has 190 valence electrons. The Hall–Kier alpha value is -3.37. The van der Waals surface area contributed by atoms with Crippen molar-refractivity contribution in [1.29, 1.82) is 0 Å². The molecule has 4 rings (SSSR count). The van der Waals surface area contributed by atoms with Gasteiger partial charge >= 0.3 is 0 Å². The van der Waals surface area contributed by atoms with Crippen molar-refractivity contribution in [3.05, 3.63) is 118 Å². The molecule has 4 aromatic carbocycles. The quantitative estimate of drug-likeness (QED) is 0.145. The normalized spacial score (nSPS) is 10.9. The van der Waals surface area contributed by atoms with Crippen LogP contribution >= 0.6 is 0 Å². The van der Waals surface area contributed by atoms with Crippen LogP contribution in [0, 0.1) is 17.7 Å². The van der Waals surface area contributed by atoms with E-state index in [0.717, 1.165) is 30.2 Å². The van der Waals surface area contributed by atoms with E-state index >= 15 is 4.39 Å². The van der Waals surface area contributed by atoms with Crippen LogP contribution in [-0.2, 0) is 25.7 Å². The summed E-state index contributed by atoms with van der Waals surface area (Å²) >= 11 is 0. The third-order valence-electron chi connectivity index (χ3n) is 7.18. The molecule has 37 heavy (non-hydrogen) atoms. The number of fused-ring (bicyclic) bond motifs is 1. The molecule has 0 unspecified atom stereocenters. The van der Waals surface area contributed by atoms with Gasteiger partial charge in [-0.05, 0) is 84.4 Å². The summed E-state index contributed by atoms with van der Waals surface area (Å²) in [6, 6.07) is 27.3. The van der Waals surface area contributed by atoms with Gasteiger partial charge in [0.2, 0.25) is 0 Å². The van der Waals surface area contributed by atoms with Crippen molar-refractivity contribution < 1.29 is 4.39 Å². The SMILES string of the molecule is CCCCCc1ccc(C#Cc2ccc3cc(CCc4ccc(CCCCC)cc4)ccc3c2F)cc1. The number of benzene rings is 4. The molecule has 0 amide bonds. The first kappa shape index (κ1) is 26.7. The van der Waals surface area contributed by atoms with Gasteiger partial charge in [0.15, 0.2) is 0 Å². The van der Waals surface area contributed by atoms with Gasteiger partial charge in [0.1, 0.15) is 5.82 Å². The molecule has 4 aromatic rings. The van der Waals surface area contributed by atoms with Gasteiger partial charge in [-0.3, -0.25) is 0 Å². The molecular formula is C36H39F. The number of hydrogen-bond acceptors (Lipinski definition) is 0. The lowest BCUT2D eigenvalue weighted by Crippen LogP contribution is -1.94. The van der Waals surface area contributed by atoms with Gasteiger partial charge in [-0.15, -0.1) is 0 Å². The highest BCUT2D eigenvalue weighted by atomic mass is 19.1. The molecule has 0 saturated heterocycles. The first-order valence-corrected chi connectivity index (χ1v) is 14.1. The van der Waals surface area contributed by atoms with E-state index in [1.165, 1.54) is 67.2 Å². The van der Waals surface area contributed by atoms with E-state index in [4.69, 9.17) is 0 Å². The van der Waals surface area contributed by atoms with Crippen LogP contribution < -0.4 is 0 Å². The maximum Gasteiger partial charge on any atom is 0.146 e. The minimum absolute atomic E-state index is 0.230. The average Bonchev–Trinajstić information content (AvgIpc) is 2.93. The highest BCUT2D eigenvalue weighted by molar-refractivity contribution is 5.85. The van der Waals surface area contributed by atoms with E-state index in [1.807, 2.05) is 30.3 Å². The number of aryl methyl sites for hydroxylation is 4. The van der Waals surface area contributed by atoms with Crippen molar-refractivity contribution in [2.75, 3.05) is 0 Å². The lowest BCUT2D eigenvalue weighted by atomic mass is 9.98. The topological polar surface area (TPSA) is 0 Å². The van der Waals surface area contributed by atoms with Crippen LogP contribution in [0.4, 0.5) is 4.39 Å². The van der Waals surface area contributed by atoms with Gasteiger partial charge < -0.3 is 0 Å². The van der Waals surface area contributed by atoms with Gasteiger partial charge in [-0.2, -0.15) is 0 Å². The Morgan fingerprint density at radius 1 is 0.541 bits per heavy atom. The molecule has 0 spiro atoms. The van der Waals surface area contributed by atoms with E-state index < -0.39 is 0 Å². The molecule has 0 atom stereocenters. The Morgan fingerprint density at radius 3 is 1.70 bits per heavy atom. The van der Waals surface area contributed by atoms with Crippen LogP contribution in [0.3, 0.4) is 0 Å². The van der Waals surface area contributed by atoms with Gasteiger partial charge in [-0.25, -0.2) is 4.39 Å². The summed E-state index contributed by atoms with van der Waals surface area (Å²) < 4.78 is 15.2. The molecule has 0 saturated carbocycles. The van der Waals surface area contributed by atoms with Crippen molar-refractivity contribution in [1.82, 2.24) is 0 Å². The summed E-state index contributed by atoms with van der Waals surface area (Å²) in [5, 5.41) is 1.57. The maximum atomic E-state index is 15.2. The van der Waals surface area contributed by atoms with Crippen LogP contribution in [0.25, 0.3) is 10.8 Å². The summed E-state index contributed by atoms with van der Waals surface area (Å²) in [4.78, 5) is 0. The standard InChI is InChI=1S/C36H39F/c1-3-5-7-9-28-11-15-30(16-12-28)19-20-32-22-26-35-34(27-32)25-24-33(36(35)37)23-21-31-17-13-29(14-18-31)10-8-6-4-2/h11-18,22,24-27H,3-10,19-20H2,1-2H3. The zero-order chi connectivity index (χ0) is 25.9. The lowest BCUT2D eigenvalue weighted by Gasteiger charge is -2.07. The van der Waals surface area contributed by atoms with E-state index in [0.29, 0.717) is 10.9 Å². The molecule has 0 nitrogen and oxygen atoms in total. The van der Waals surface area contributed by atoms with Crippen LogP contribution in [-0.4, -0.2) is 0 Å². The molecule has 0 radical (unpaired) electrons. The van der Waals surface area contributed by atoms with Crippen molar-refractivity contribution in [3.63, 3.8) is 0 Å². The second-order valence-electron chi connectivity index (χ2n) is 10.2. The summed E-state index contributed by atoms with van der Waals surface area (Å²) in [6.45, 7) is 4.46. The van der Waals surface area contributed by atoms with Gasteiger partial charge in [0.05, 0.1) is 5.56 Å². The Morgan fingerprint density at radius 2 is 1.08 bits per heavy atom. The molecule has 0 heterocycles. The number of halogens is 1. The van der Waals surface area contributed by atoms with Crippen LogP contribution in [0.15, 0.2) is 78.9 Å². The third-order valence-corrected chi connectivity index (χ3v) is 7.18. The predicted octanol–water partition coefficient (Wildman–Crippen LogP) is 9.63. The first-order valence-electron chi connectivity index (χ1n) is 14.1. The van der Waals surface area contributed by atoms with Crippen LogP contribution in [0.2, 0.25) is 0 Å². The highest BCUT2D eigenvalue weighted by Gasteiger charge is 2.07. The zero-order valence-corrected chi connectivity index (χ0v) is 22.5. The summed E-state index contributed by atoms with van der Waals surface area (Å²) in [7, 11) is 0. The molecular weight excluding hydrogens is 451 g/mol. The van der Waals surface area contributed by atoms with Gasteiger partial charge in [0.25, 0.3) is 0 Å². The highest BCUT2D eigenvalue weighted by Crippen LogP contribution is 2.23.